The zero-order chi connectivity index (χ0) is 13.1. The maximum Gasteiger partial charge on any atom is 0.159 e. The van der Waals surface area contributed by atoms with Gasteiger partial charge in [0.2, 0.25) is 0 Å². The molecule has 0 spiro atoms. The average Bonchev–Trinajstić information content (AvgIpc) is 2.86. The van der Waals surface area contributed by atoms with Gasteiger partial charge in [-0.05, 0) is 37.9 Å². The lowest BCUT2D eigenvalue weighted by Crippen LogP contribution is -2.26. The van der Waals surface area contributed by atoms with E-state index in [1.165, 1.54) is 24.9 Å². The van der Waals surface area contributed by atoms with Crippen LogP contribution >= 0.6 is 0 Å². The highest BCUT2D eigenvalue weighted by Gasteiger charge is 2.19. The summed E-state index contributed by atoms with van der Waals surface area (Å²) in [5.41, 5.74) is 2.45. The third-order valence-electron chi connectivity index (χ3n) is 3.85. The molecule has 1 saturated heterocycles. The van der Waals surface area contributed by atoms with Gasteiger partial charge in [-0.3, -0.25) is 4.90 Å². The molecule has 2 aromatic rings. The van der Waals surface area contributed by atoms with Crippen molar-refractivity contribution >= 4 is 0 Å². The lowest BCUT2D eigenvalue weighted by molar-refractivity contribution is 0.260. The highest BCUT2D eigenvalue weighted by atomic mass is 15.2. The molecule has 1 fully saturated rings. The molecule has 0 bridgehead atoms. The minimum absolute atomic E-state index is 0.720. The Kier molecular flexibility index (Phi) is 3.56. The third kappa shape index (κ3) is 2.82. The monoisotopic (exact) mass is 253 g/mol. The number of nitrogens with zero attached hydrogens (tertiary/aromatic N) is 3. The van der Waals surface area contributed by atoms with Gasteiger partial charge in [-0.25, -0.2) is 9.97 Å². The third-order valence-corrected chi connectivity index (χ3v) is 3.85. The van der Waals surface area contributed by atoms with Gasteiger partial charge >= 0.3 is 0 Å². The van der Waals surface area contributed by atoms with Crippen LogP contribution in [0.1, 0.15) is 25.3 Å². The van der Waals surface area contributed by atoms with E-state index in [9.17, 15) is 0 Å². The van der Waals surface area contributed by atoms with Crippen LogP contribution in [0.25, 0.3) is 11.4 Å². The van der Waals surface area contributed by atoms with E-state index >= 15 is 0 Å². The van der Waals surface area contributed by atoms with Crippen molar-refractivity contribution in [2.24, 2.45) is 0 Å². The second-order valence-electron chi connectivity index (χ2n) is 5.23. The molecule has 0 aliphatic carbocycles. The molecule has 3 nitrogen and oxygen atoms in total. The van der Waals surface area contributed by atoms with Gasteiger partial charge in [-0.1, -0.05) is 24.3 Å². The van der Waals surface area contributed by atoms with Crippen molar-refractivity contribution in [1.29, 1.82) is 0 Å². The minimum atomic E-state index is 0.720. The number of hydrogen-bond donors (Lipinski definition) is 0. The molecule has 98 valence electrons. The average molecular weight is 253 g/mol. The molecule has 1 aromatic heterocycles. The van der Waals surface area contributed by atoms with Crippen molar-refractivity contribution in [3.05, 3.63) is 48.3 Å². The van der Waals surface area contributed by atoms with Crippen molar-refractivity contribution in [1.82, 2.24) is 14.9 Å². The van der Waals surface area contributed by atoms with E-state index in [1.807, 2.05) is 6.07 Å². The molecule has 1 aliphatic rings. The Balaban J connectivity index is 1.72. The first kappa shape index (κ1) is 12.3. The van der Waals surface area contributed by atoms with Crippen LogP contribution in [0.4, 0.5) is 0 Å². The largest absolute Gasteiger partial charge is 0.296 e. The fourth-order valence-electron chi connectivity index (χ4n) is 2.67. The van der Waals surface area contributed by atoms with Gasteiger partial charge in [0.25, 0.3) is 0 Å². The summed E-state index contributed by atoms with van der Waals surface area (Å²) in [6.07, 6.45) is 6.22. The lowest BCUT2D eigenvalue weighted by atomic mass is 10.1. The topological polar surface area (TPSA) is 29.0 Å². The first-order chi connectivity index (χ1) is 9.33. The maximum atomic E-state index is 4.27. The second-order valence-corrected chi connectivity index (χ2v) is 5.23. The van der Waals surface area contributed by atoms with Crippen LogP contribution in [0, 0.1) is 0 Å². The SMILES string of the molecule is CC1CCCN1Cc1ccc(-c2ncccn2)cc1. The molecule has 3 rings (SSSR count). The van der Waals surface area contributed by atoms with Crippen molar-refractivity contribution in [3.63, 3.8) is 0 Å². The highest BCUT2D eigenvalue weighted by molar-refractivity contribution is 5.54. The Morgan fingerprint density at radius 3 is 2.53 bits per heavy atom. The first-order valence-corrected chi connectivity index (χ1v) is 6.93. The van der Waals surface area contributed by atoms with Gasteiger partial charge in [0, 0.05) is 30.5 Å². The Hall–Kier alpha value is -1.74. The van der Waals surface area contributed by atoms with Gasteiger partial charge in [0.15, 0.2) is 5.82 Å². The molecule has 1 aromatic carbocycles. The van der Waals surface area contributed by atoms with Gasteiger partial charge in [-0.15, -0.1) is 0 Å². The van der Waals surface area contributed by atoms with E-state index < -0.39 is 0 Å². The van der Waals surface area contributed by atoms with Crippen LogP contribution in [0.15, 0.2) is 42.7 Å². The van der Waals surface area contributed by atoms with E-state index in [0.717, 1.165) is 24.0 Å². The molecular weight excluding hydrogens is 234 g/mol. The summed E-state index contributed by atoms with van der Waals surface area (Å²) in [5, 5.41) is 0. The highest BCUT2D eigenvalue weighted by Crippen LogP contribution is 2.21. The molecule has 1 atom stereocenters. The van der Waals surface area contributed by atoms with Crippen LogP contribution in [0.5, 0.6) is 0 Å². The molecule has 0 saturated carbocycles. The zero-order valence-corrected chi connectivity index (χ0v) is 11.3. The van der Waals surface area contributed by atoms with Gasteiger partial charge in [-0.2, -0.15) is 0 Å². The number of hydrogen-bond acceptors (Lipinski definition) is 3. The van der Waals surface area contributed by atoms with Crippen molar-refractivity contribution < 1.29 is 0 Å². The summed E-state index contributed by atoms with van der Waals surface area (Å²) < 4.78 is 0. The summed E-state index contributed by atoms with van der Waals surface area (Å²) in [6, 6.07) is 11.2. The molecule has 0 radical (unpaired) electrons. The second kappa shape index (κ2) is 5.49. The van der Waals surface area contributed by atoms with Gasteiger partial charge in [0.05, 0.1) is 0 Å². The fraction of sp³-hybridized carbons (Fsp3) is 0.375. The van der Waals surface area contributed by atoms with Crippen molar-refractivity contribution in [2.45, 2.75) is 32.4 Å². The molecule has 2 heterocycles. The summed E-state index contributed by atoms with van der Waals surface area (Å²) in [7, 11) is 0. The number of aromatic nitrogens is 2. The minimum Gasteiger partial charge on any atom is -0.296 e. The predicted molar refractivity (Wildman–Crippen MR) is 76.6 cm³/mol. The van der Waals surface area contributed by atoms with Crippen molar-refractivity contribution in [2.75, 3.05) is 6.54 Å². The summed E-state index contributed by atoms with van der Waals surface area (Å²) in [6.45, 7) is 4.60. The van der Waals surface area contributed by atoms with Gasteiger partial charge in [0.1, 0.15) is 0 Å². The molecular formula is C16H19N3. The van der Waals surface area contributed by atoms with E-state index in [2.05, 4.69) is 46.1 Å². The first-order valence-electron chi connectivity index (χ1n) is 6.93. The quantitative estimate of drug-likeness (QED) is 0.841. The number of rotatable bonds is 3. The predicted octanol–water partition coefficient (Wildman–Crippen LogP) is 3.13. The normalized spacial score (nSPS) is 19.7. The van der Waals surface area contributed by atoms with Gasteiger partial charge < -0.3 is 0 Å². The number of benzene rings is 1. The van der Waals surface area contributed by atoms with Crippen molar-refractivity contribution in [3.8, 4) is 11.4 Å². The standard InChI is InChI=1S/C16H19N3/c1-13-4-2-11-19(13)12-14-5-7-15(8-6-14)16-17-9-3-10-18-16/h3,5-10,13H,2,4,11-12H2,1H3. The van der Waals surface area contributed by atoms with E-state index in [1.54, 1.807) is 12.4 Å². The molecule has 19 heavy (non-hydrogen) atoms. The molecule has 1 aliphatic heterocycles. The Morgan fingerprint density at radius 1 is 1.16 bits per heavy atom. The smallest absolute Gasteiger partial charge is 0.159 e. The van der Waals surface area contributed by atoms with Crippen LogP contribution in [0.3, 0.4) is 0 Å². The molecule has 0 N–H and O–H groups in total. The fourth-order valence-corrected chi connectivity index (χ4v) is 2.67. The summed E-state index contributed by atoms with van der Waals surface area (Å²) in [5.74, 6) is 0.795. The summed E-state index contributed by atoms with van der Waals surface area (Å²) >= 11 is 0. The van der Waals surface area contributed by atoms with Crippen LogP contribution in [0.2, 0.25) is 0 Å². The van der Waals surface area contributed by atoms with Crippen LogP contribution in [-0.2, 0) is 6.54 Å². The van der Waals surface area contributed by atoms with Crippen LogP contribution < -0.4 is 0 Å². The van der Waals surface area contributed by atoms with E-state index in [0.29, 0.717) is 0 Å². The number of likely N-dealkylation sites (tertiary alicyclic amines) is 1. The Labute approximate surface area is 114 Å². The maximum absolute atomic E-state index is 4.27. The van der Waals surface area contributed by atoms with E-state index in [4.69, 9.17) is 0 Å². The molecule has 1 unspecified atom stereocenters. The lowest BCUT2D eigenvalue weighted by Gasteiger charge is -2.20. The zero-order valence-electron chi connectivity index (χ0n) is 11.3. The van der Waals surface area contributed by atoms with E-state index in [-0.39, 0.29) is 0 Å². The summed E-state index contributed by atoms with van der Waals surface area (Å²) in [4.78, 5) is 11.1. The Bertz CT molecular complexity index is 521. The van der Waals surface area contributed by atoms with Crippen LogP contribution in [-0.4, -0.2) is 27.5 Å². The molecule has 3 heteroatoms. The Morgan fingerprint density at radius 2 is 1.89 bits per heavy atom. The molecule has 0 amide bonds.